The molecule has 0 bridgehead atoms. The van der Waals surface area contributed by atoms with E-state index in [1.807, 2.05) is 12.4 Å². The van der Waals surface area contributed by atoms with Gasteiger partial charge >= 0.3 is 0 Å². The molecule has 1 aliphatic rings. The molecule has 3 heteroatoms. The molecule has 3 nitrogen and oxygen atoms in total. The SMILES string of the molecule is CC(c1ccncc1)N1CCCC1CN. The van der Waals surface area contributed by atoms with Crippen LogP contribution in [0.5, 0.6) is 0 Å². The third-order valence-electron chi connectivity index (χ3n) is 3.38. The van der Waals surface area contributed by atoms with Crippen molar-refractivity contribution in [3.05, 3.63) is 30.1 Å². The second-order valence-electron chi connectivity index (χ2n) is 4.23. The zero-order valence-corrected chi connectivity index (χ0v) is 9.26. The summed E-state index contributed by atoms with van der Waals surface area (Å²) >= 11 is 0. The van der Waals surface area contributed by atoms with E-state index in [0.717, 1.165) is 6.54 Å². The molecule has 0 spiro atoms. The van der Waals surface area contributed by atoms with Crippen molar-refractivity contribution in [2.75, 3.05) is 13.1 Å². The van der Waals surface area contributed by atoms with Gasteiger partial charge in [0.2, 0.25) is 0 Å². The van der Waals surface area contributed by atoms with Gasteiger partial charge in [0.1, 0.15) is 0 Å². The van der Waals surface area contributed by atoms with Crippen molar-refractivity contribution in [2.45, 2.75) is 31.8 Å². The van der Waals surface area contributed by atoms with Crippen LogP contribution in [0.1, 0.15) is 31.4 Å². The molecule has 1 aromatic rings. The number of nitrogens with two attached hydrogens (primary N) is 1. The van der Waals surface area contributed by atoms with E-state index in [1.165, 1.54) is 24.9 Å². The first-order valence-electron chi connectivity index (χ1n) is 5.68. The van der Waals surface area contributed by atoms with Crippen LogP contribution in [0.25, 0.3) is 0 Å². The van der Waals surface area contributed by atoms with Crippen molar-refractivity contribution < 1.29 is 0 Å². The molecule has 2 atom stereocenters. The van der Waals surface area contributed by atoms with Gasteiger partial charge in [-0.2, -0.15) is 0 Å². The number of hydrogen-bond acceptors (Lipinski definition) is 3. The maximum Gasteiger partial charge on any atom is 0.0324 e. The van der Waals surface area contributed by atoms with Gasteiger partial charge in [-0.3, -0.25) is 9.88 Å². The Morgan fingerprint density at radius 3 is 2.93 bits per heavy atom. The van der Waals surface area contributed by atoms with E-state index < -0.39 is 0 Å². The lowest BCUT2D eigenvalue weighted by Gasteiger charge is -2.30. The van der Waals surface area contributed by atoms with Gasteiger partial charge in [0, 0.05) is 31.0 Å². The normalized spacial score (nSPS) is 24.3. The van der Waals surface area contributed by atoms with Crippen molar-refractivity contribution >= 4 is 0 Å². The summed E-state index contributed by atoms with van der Waals surface area (Å²) in [6.07, 6.45) is 6.24. The molecular formula is C12H19N3. The van der Waals surface area contributed by atoms with Gasteiger partial charge in [-0.05, 0) is 44.0 Å². The number of aromatic nitrogens is 1. The van der Waals surface area contributed by atoms with Crippen molar-refractivity contribution in [1.82, 2.24) is 9.88 Å². The second-order valence-corrected chi connectivity index (χ2v) is 4.23. The minimum absolute atomic E-state index is 0.462. The molecule has 1 fully saturated rings. The van der Waals surface area contributed by atoms with Crippen LogP contribution in [-0.2, 0) is 0 Å². The smallest absolute Gasteiger partial charge is 0.0324 e. The Balaban J connectivity index is 2.10. The first-order valence-corrected chi connectivity index (χ1v) is 5.68. The molecule has 15 heavy (non-hydrogen) atoms. The van der Waals surface area contributed by atoms with Gasteiger partial charge in [0.05, 0.1) is 0 Å². The van der Waals surface area contributed by atoms with E-state index in [-0.39, 0.29) is 0 Å². The van der Waals surface area contributed by atoms with E-state index in [2.05, 4.69) is 28.9 Å². The van der Waals surface area contributed by atoms with Crippen LogP contribution in [0.4, 0.5) is 0 Å². The molecular weight excluding hydrogens is 186 g/mol. The molecule has 82 valence electrons. The summed E-state index contributed by atoms with van der Waals surface area (Å²) in [4.78, 5) is 6.56. The monoisotopic (exact) mass is 205 g/mol. The quantitative estimate of drug-likeness (QED) is 0.814. The van der Waals surface area contributed by atoms with Gasteiger partial charge in [-0.25, -0.2) is 0 Å². The van der Waals surface area contributed by atoms with E-state index in [0.29, 0.717) is 12.1 Å². The topological polar surface area (TPSA) is 42.2 Å². The fourth-order valence-corrected chi connectivity index (χ4v) is 2.45. The lowest BCUT2D eigenvalue weighted by molar-refractivity contribution is 0.197. The molecule has 0 amide bonds. The molecule has 1 aliphatic heterocycles. The molecule has 1 aromatic heterocycles. The summed E-state index contributed by atoms with van der Waals surface area (Å²) in [5.74, 6) is 0. The summed E-state index contributed by atoms with van der Waals surface area (Å²) in [7, 11) is 0. The second kappa shape index (κ2) is 4.73. The molecule has 1 saturated heterocycles. The predicted molar refractivity (Wildman–Crippen MR) is 61.4 cm³/mol. The minimum atomic E-state index is 0.462. The van der Waals surface area contributed by atoms with Crippen LogP contribution < -0.4 is 5.73 Å². The third kappa shape index (κ3) is 2.19. The van der Waals surface area contributed by atoms with Crippen molar-refractivity contribution in [1.29, 1.82) is 0 Å². The highest BCUT2D eigenvalue weighted by Gasteiger charge is 2.27. The van der Waals surface area contributed by atoms with Crippen LogP contribution in [0.15, 0.2) is 24.5 Å². The number of rotatable bonds is 3. The standard InChI is InChI=1S/C12H19N3/c1-10(11-4-6-14-7-5-11)15-8-2-3-12(15)9-13/h4-7,10,12H,2-3,8-9,13H2,1H3. The Kier molecular flexibility index (Phi) is 3.34. The predicted octanol–water partition coefficient (Wildman–Crippen LogP) is 1.57. The van der Waals surface area contributed by atoms with Gasteiger partial charge < -0.3 is 5.73 Å². The van der Waals surface area contributed by atoms with E-state index in [4.69, 9.17) is 5.73 Å². The first-order chi connectivity index (χ1) is 7.33. The lowest BCUT2D eigenvalue weighted by Crippen LogP contribution is -2.37. The largest absolute Gasteiger partial charge is 0.329 e. The molecule has 0 radical (unpaired) electrons. The highest BCUT2D eigenvalue weighted by molar-refractivity contribution is 5.15. The number of hydrogen-bond donors (Lipinski definition) is 1. The van der Waals surface area contributed by atoms with Crippen molar-refractivity contribution in [3.63, 3.8) is 0 Å². The Morgan fingerprint density at radius 2 is 2.27 bits per heavy atom. The molecule has 0 aromatic carbocycles. The third-order valence-corrected chi connectivity index (χ3v) is 3.38. The number of nitrogens with zero attached hydrogens (tertiary/aromatic N) is 2. The van der Waals surface area contributed by atoms with Crippen LogP contribution >= 0.6 is 0 Å². The van der Waals surface area contributed by atoms with Crippen molar-refractivity contribution in [3.8, 4) is 0 Å². The van der Waals surface area contributed by atoms with Gasteiger partial charge in [0.15, 0.2) is 0 Å². The molecule has 2 heterocycles. The Labute approximate surface area is 91.3 Å². The zero-order valence-electron chi connectivity index (χ0n) is 9.26. The van der Waals surface area contributed by atoms with E-state index in [1.54, 1.807) is 0 Å². The highest BCUT2D eigenvalue weighted by atomic mass is 15.2. The van der Waals surface area contributed by atoms with Gasteiger partial charge in [-0.1, -0.05) is 0 Å². The molecule has 0 saturated carbocycles. The molecule has 2 rings (SSSR count). The number of pyridine rings is 1. The molecule has 0 aliphatic carbocycles. The van der Waals surface area contributed by atoms with Crippen LogP contribution in [0, 0.1) is 0 Å². The van der Waals surface area contributed by atoms with Crippen LogP contribution in [0.2, 0.25) is 0 Å². The van der Waals surface area contributed by atoms with Crippen LogP contribution in [0.3, 0.4) is 0 Å². The Morgan fingerprint density at radius 1 is 1.53 bits per heavy atom. The van der Waals surface area contributed by atoms with Gasteiger partial charge in [0.25, 0.3) is 0 Å². The summed E-state index contributed by atoms with van der Waals surface area (Å²) in [6, 6.07) is 5.21. The van der Waals surface area contributed by atoms with E-state index in [9.17, 15) is 0 Å². The Bertz CT molecular complexity index is 299. The maximum absolute atomic E-state index is 5.79. The summed E-state index contributed by atoms with van der Waals surface area (Å²) in [5.41, 5.74) is 7.12. The first kappa shape index (κ1) is 10.6. The highest BCUT2D eigenvalue weighted by Crippen LogP contribution is 2.28. The summed E-state index contributed by atoms with van der Waals surface area (Å²) < 4.78 is 0. The van der Waals surface area contributed by atoms with Crippen LogP contribution in [-0.4, -0.2) is 29.0 Å². The maximum atomic E-state index is 5.79. The van der Waals surface area contributed by atoms with Gasteiger partial charge in [-0.15, -0.1) is 0 Å². The van der Waals surface area contributed by atoms with E-state index >= 15 is 0 Å². The number of likely N-dealkylation sites (tertiary alicyclic amines) is 1. The average Bonchev–Trinajstić information content (AvgIpc) is 2.77. The Hall–Kier alpha value is -0.930. The lowest BCUT2D eigenvalue weighted by atomic mass is 10.1. The fourth-order valence-electron chi connectivity index (χ4n) is 2.45. The summed E-state index contributed by atoms with van der Waals surface area (Å²) in [5, 5.41) is 0. The molecule has 2 N–H and O–H groups in total. The minimum Gasteiger partial charge on any atom is -0.329 e. The molecule has 2 unspecified atom stereocenters. The average molecular weight is 205 g/mol. The summed E-state index contributed by atoms with van der Waals surface area (Å²) in [6.45, 7) is 4.20. The zero-order chi connectivity index (χ0) is 10.7. The van der Waals surface area contributed by atoms with Crippen molar-refractivity contribution in [2.24, 2.45) is 5.73 Å². The fraction of sp³-hybridized carbons (Fsp3) is 0.583.